The Morgan fingerprint density at radius 1 is 0.516 bits per heavy atom. The largest absolute Gasteiger partial charge is 0.508 e. The van der Waals surface area contributed by atoms with Gasteiger partial charge in [-0.1, -0.05) is 47.5 Å². The minimum Gasteiger partial charge on any atom is -0.508 e. The van der Waals surface area contributed by atoms with Crippen LogP contribution in [0.4, 0.5) is 0 Å². The Labute approximate surface area is 549 Å². The summed E-state index contributed by atoms with van der Waals surface area (Å²) in [6, 6.07) is 9.28. The highest BCUT2D eigenvalue weighted by Gasteiger charge is 2.41. The normalized spacial score (nSPS) is 20.9. The van der Waals surface area contributed by atoms with E-state index in [4.69, 9.17) is 48.9 Å². The van der Waals surface area contributed by atoms with E-state index in [0.29, 0.717) is 38.2 Å². The van der Waals surface area contributed by atoms with Crippen molar-refractivity contribution in [1.29, 1.82) is 0 Å². The van der Waals surface area contributed by atoms with Crippen molar-refractivity contribution < 1.29 is 83.5 Å². The Kier molecular flexibility index (Phi) is 19.4. The maximum absolute atomic E-state index is 15.9. The minimum atomic E-state index is -2.16. The van der Waals surface area contributed by atoms with Gasteiger partial charge in [-0.15, -0.1) is 0 Å². The maximum atomic E-state index is 15.9. The van der Waals surface area contributed by atoms with Crippen LogP contribution >= 0.6 is 23.2 Å². The second kappa shape index (κ2) is 27.9. The van der Waals surface area contributed by atoms with Crippen molar-refractivity contribution in [1.82, 2.24) is 47.9 Å². The number of halogens is 2. The number of phenols is 6. The van der Waals surface area contributed by atoms with Crippen molar-refractivity contribution in [3.63, 3.8) is 0 Å². The maximum Gasteiger partial charge on any atom is 0.248 e. The van der Waals surface area contributed by atoms with E-state index in [0.717, 1.165) is 48.5 Å². The number of nitrogens with one attached hydrogen (secondary N) is 9. The number of hydrogen-bond donors (Lipinski definition) is 18. The third-order valence-electron chi connectivity index (χ3n) is 16.1. The number of fused-ring (bicyclic) bond motifs is 14. The first-order valence-electron chi connectivity index (χ1n) is 29.7. The zero-order chi connectivity index (χ0) is 67.5. The fraction of sp³-hybridized carbons (Fsp3) is 0.246. The predicted octanol–water partition coefficient (Wildman–Crippen LogP) is 3.54. The van der Waals surface area contributed by atoms with Crippen LogP contribution in [0.5, 0.6) is 69.0 Å². The number of aliphatic hydroxyl groups is 1. The number of carbonyl (C=O) groups is 7. The first kappa shape index (κ1) is 65.9. The number of phenolic OH excluding ortho intramolecular Hbond substituents is 6. The van der Waals surface area contributed by atoms with E-state index in [-0.39, 0.29) is 97.1 Å². The van der Waals surface area contributed by atoms with Gasteiger partial charge in [-0.2, -0.15) is 0 Å². The van der Waals surface area contributed by atoms with Crippen LogP contribution in [0.1, 0.15) is 81.7 Å². The molecule has 8 atom stereocenters. The molecule has 6 aliphatic heterocycles. The standard InChI is InChI=1S/C65H63Cl2N11O17/c66-39-16-28-2-8-45(39)94-48-23-33-24-49(58(48)85)95-46-9-5-31(21-40(46)67)57(84)56-65(92)77-55(61(88)72-15-14-71-12-1-11-70-13-10-68)38-26-35(80)27-44(83)50(38)37-20-30(4-6-42(37)81)52(62(89)78-56)75-64(91)54(33)76-63(90)53-32-18-34(79)25-36(19-32)93-47-22-29(3-7-43(47)82)51(69)60(87)73-41(17-28)59(86)74-53/h2-9,16,18-27,41,51-57,70-71,79-85H,1,10-15,17,68-69H2,(H,72,88)(H,73,87)(H,74,86)(H,75,91)(H,76,90)(H,77,92)(H,78,89)/t41-,51-,52-,53+,54-,55+,56+,57-/m1/s1. The number of aromatic hydroxyl groups is 6. The topological polar surface area (TPSA) is 449 Å². The summed E-state index contributed by atoms with van der Waals surface area (Å²) in [5.41, 5.74) is 10.5. The minimum absolute atomic E-state index is 0.0308. The molecule has 95 heavy (non-hydrogen) atoms. The molecule has 494 valence electrons. The Balaban J connectivity index is 1.08. The molecule has 0 radical (unpaired) electrons. The van der Waals surface area contributed by atoms with Crippen LogP contribution in [0, 0.1) is 0 Å². The first-order chi connectivity index (χ1) is 45.5. The number of hydrogen-bond acceptors (Lipinski definition) is 21. The van der Waals surface area contributed by atoms with Crippen LogP contribution in [0.3, 0.4) is 0 Å². The number of benzene rings is 7. The van der Waals surface area contributed by atoms with Gasteiger partial charge >= 0.3 is 0 Å². The zero-order valence-corrected chi connectivity index (χ0v) is 51.4. The average molecular weight is 1340 g/mol. The molecule has 20 N–H and O–H groups in total. The molecular formula is C65H63Cl2N11O17. The lowest BCUT2D eigenvalue weighted by Gasteiger charge is -2.31. The van der Waals surface area contributed by atoms with Crippen LogP contribution in [-0.4, -0.2) is 128 Å². The predicted molar refractivity (Wildman–Crippen MR) is 340 cm³/mol. The van der Waals surface area contributed by atoms with E-state index in [9.17, 15) is 50.1 Å². The fourth-order valence-electron chi connectivity index (χ4n) is 11.3. The van der Waals surface area contributed by atoms with Gasteiger partial charge in [-0.05, 0) is 137 Å². The molecular weight excluding hydrogens is 1280 g/mol. The van der Waals surface area contributed by atoms with Gasteiger partial charge in [0.15, 0.2) is 23.0 Å². The molecule has 7 aromatic carbocycles. The molecule has 0 aromatic heterocycles. The van der Waals surface area contributed by atoms with E-state index in [2.05, 4.69) is 47.9 Å². The lowest BCUT2D eigenvalue weighted by Crippen LogP contribution is -2.56. The first-order valence-corrected chi connectivity index (χ1v) is 30.5. The molecule has 30 heteroatoms. The van der Waals surface area contributed by atoms with Gasteiger partial charge in [0, 0.05) is 55.9 Å². The van der Waals surface area contributed by atoms with Crippen LogP contribution < -0.4 is 73.5 Å². The summed E-state index contributed by atoms with van der Waals surface area (Å²) in [4.78, 5) is 106. The van der Waals surface area contributed by atoms with E-state index in [1.165, 1.54) is 66.7 Å². The van der Waals surface area contributed by atoms with Crippen molar-refractivity contribution in [2.45, 2.75) is 61.2 Å². The monoisotopic (exact) mass is 1340 g/mol. The van der Waals surface area contributed by atoms with Crippen molar-refractivity contribution in [2.24, 2.45) is 11.5 Å². The lowest BCUT2D eigenvalue weighted by molar-refractivity contribution is -0.137. The van der Waals surface area contributed by atoms with Crippen molar-refractivity contribution in [3.05, 3.63) is 164 Å². The molecule has 7 aromatic rings. The van der Waals surface area contributed by atoms with Crippen molar-refractivity contribution in [2.75, 3.05) is 39.3 Å². The molecule has 17 bridgehead atoms. The second-order valence-electron chi connectivity index (χ2n) is 22.7. The van der Waals surface area contributed by atoms with Crippen LogP contribution in [0.25, 0.3) is 11.1 Å². The summed E-state index contributed by atoms with van der Waals surface area (Å²) in [6.45, 7) is 2.49. The molecule has 6 aliphatic rings. The van der Waals surface area contributed by atoms with Gasteiger partial charge in [-0.3, -0.25) is 33.6 Å². The van der Waals surface area contributed by atoms with E-state index >= 15 is 19.2 Å². The number of carbonyl (C=O) groups excluding carboxylic acids is 7. The number of amides is 7. The molecule has 7 amide bonds. The van der Waals surface area contributed by atoms with Crippen LogP contribution in [-0.2, 0) is 40.0 Å². The van der Waals surface area contributed by atoms with E-state index in [1.54, 1.807) is 0 Å². The Hall–Kier alpha value is -10.6. The molecule has 0 spiro atoms. The fourth-order valence-corrected chi connectivity index (χ4v) is 11.8. The number of nitrogens with two attached hydrogens (primary N) is 2. The van der Waals surface area contributed by atoms with Gasteiger partial charge in [0.2, 0.25) is 47.1 Å². The highest BCUT2D eigenvalue weighted by molar-refractivity contribution is 6.32. The Morgan fingerprint density at radius 2 is 1.12 bits per heavy atom. The molecule has 0 unspecified atom stereocenters. The highest BCUT2D eigenvalue weighted by Crippen LogP contribution is 2.48. The number of rotatable bonds is 10. The lowest BCUT2D eigenvalue weighted by atomic mass is 9.89. The molecule has 0 fully saturated rings. The summed E-state index contributed by atoms with van der Waals surface area (Å²) in [7, 11) is 0. The van der Waals surface area contributed by atoms with E-state index in [1.807, 2.05) is 0 Å². The van der Waals surface area contributed by atoms with Gasteiger partial charge < -0.3 is 109 Å². The van der Waals surface area contributed by atoms with Crippen molar-refractivity contribution >= 4 is 64.6 Å². The zero-order valence-electron chi connectivity index (χ0n) is 49.9. The number of ether oxygens (including phenoxy) is 3. The van der Waals surface area contributed by atoms with E-state index < -0.39 is 136 Å². The van der Waals surface area contributed by atoms with Gasteiger partial charge in [0.25, 0.3) is 0 Å². The number of aliphatic hydroxyl groups excluding tert-OH is 1. The quantitative estimate of drug-likeness (QED) is 0.0871. The second-order valence-corrected chi connectivity index (χ2v) is 23.5. The molecule has 0 saturated heterocycles. The summed E-state index contributed by atoms with van der Waals surface area (Å²) >= 11 is 13.8. The van der Waals surface area contributed by atoms with Gasteiger partial charge in [0.05, 0.1) is 10.0 Å². The molecule has 13 rings (SSSR count). The van der Waals surface area contributed by atoms with Crippen molar-refractivity contribution in [3.8, 4) is 80.1 Å². The Morgan fingerprint density at radius 3 is 1.81 bits per heavy atom. The Bertz CT molecular complexity index is 4240. The third-order valence-corrected chi connectivity index (χ3v) is 16.7. The van der Waals surface area contributed by atoms with Gasteiger partial charge in [-0.25, -0.2) is 0 Å². The molecule has 0 saturated carbocycles. The van der Waals surface area contributed by atoms with Crippen LogP contribution in [0.2, 0.25) is 10.0 Å². The summed E-state index contributed by atoms with van der Waals surface area (Å²) in [5.74, 6) is -13.5. The van der Waals surface area contributed by atoms with Gasteiger partial charge in [0.1, 0.15) is 88.6 Å². The summed E-state index contributed by atoms with van der Waals surface area (Å²) in [6.07, 6.45) is -1.72. The summed E-state index contributed by atoms with van der Waals surface area (Å²) in [5, 5.41) is 106. The molecule has 28 nitrogen and oxygen atoms in total. The molecule has 0 aliphatic carbocycles. The average Bonchev–Trinajstić information content (AvgIpc) is 0.772. The smallest absolute Gasteiger partial charge is 0.248 e. The SMILES string of the molecule is NCCNCCCNCCNC(=O)[C@H]1NC(=O)[C@H]2NC(=O)[C@H](NC(=O)[C@@H]3NC(=O)[C@H]4NC(=O)[C@@H](Cc5ccc(c(Cl)c5)Oc5cc3cc(c5O)Oc3ccc(cc3Cl)[C@H]2O)NC(=O)[C@H](N)c2ccc(O)c(c2)Oc2cc(O)cc4c2)c2ccc(O)c(c2)-c2c(O)cc(O)cc21. The highest BCUT2D eigenvalue weighted by atomic mass is 35.5. The summed E-state index contributed by atoms with van der Waals surface area (Å²) < 4.78 is 18.6. The molecule has 6 heterocycles. The van der Waals surface area contributed by atoms with Crippen LogP contribution in [0.15, 0.2) is 115 Å². The third kappa shape index (κ3) is 14.3.